The van der Waals surface area contributed by atoms with Crippen LogP contribution in [0.3, 0.4) is 0 Å². The van der Waals surface area contributed by atoms with Gasteiger partial charge in [-0.25, -0.2) is 18.0 Å². The molecular formula is C30H34O8S. The largest absolute Gasteiger partial charge is 0.465 e. The Hall–Kier alpha value is -3.53. The average Bonchev–Trinajstić information content (AvgIpc) is 2.98. The Morgan fingerprint density at radius 2 is 1.31 bits per heavy atom. The van der Waals surface area contributed by atoms with E-state index in [2.05, 4.69) is 0 Å². The van der Waals surface area contributed by atoms with Crippen LogP contribution in [0.4, 0.5) is 0 Å². The molecule has 2 atom stereocenters. The number of esters is 2. The van der Waals surface area contributed by atoms with Crippen molar-refractivity contribution in [3.05, 3.63) is 102 Å². The van der Waals surface area contributed by atoms with Crippen LogP contribution in [0.15, 0.2) is 95.9 Å². The first-order valence-electron chi connectivity index (χ1n) is 12.4. The van der Waals surface area contributed by atoms with Gasteiger partial charge in [-0.15, -0.1) is 0 Å². The number of carbonyl (C=O) groups excluding carboxylic acids is 2. The molecule has 2 unspecified atom stereocenters. The highest BCUT2D eigenvalue weighted by molar-refractivity contribution is 7.92. The molecule has 0 fully saturated rings. The fourth-order valence-electron chi connectivity index (χ4n) is 4.54. The number of benzene rings is 3. The highest BCUT2D eigenvalue weighted by Gasteiger charge is 2.57. The van der Waals surface area contributed by atoms with Crippen molar-refractivity contribution < 1.29 is 37.0 Å². The summed E-state index contributed by atoms with van der Waals surface area (Å²) < 4.78 is 48.7. The summed E-state index contributed by atoms with van der Waals surface area (Å²) in [6, 6.07) is 25.6. The zero-order chi connectivity index (χ0) is 28.5. The van der Waals surface area contributed by atoms with E-state index >= 15 is 0 Å². The van der Waals surface area contributed by atoms with Crippen LogP contribution < -0.4 is 0 Å². The Balaban J connectivity index is 2.18. The van der Waals surface area contributed by atoms with Crippen molar-refractivity contribution in [2.24, 2.45) is 0 Å². The lowest BCUT2D eigenvalue weighted by atomic mass is 9.89. The molecule has 0 bridgehead atoms. The van der Waals surface area contributed by atoms with Crippen LogP contribution >= 0.6 is 0 Å². The summed E-state index contributed by atoms with van der Waals surface area (Å²) in [6.45, 7) is 1.44. The lowest BCUT2D eigenvalue weighted by Gasteiger charge is -2.41. The second kappa shape index (κ2) is 13.0. The van der Waals surface area contributed by atoms with E-state index in [1.165, 1.54) is 33.3 Å². The number of ether oxygens (including phenoxy) is 4. The predicted molar refractivity (Wildman–Crippen MR) is 146 cm³/mol. The van der Waals surface area contributed by atoms with Crippen molar-refractivity contribution in [1.82, 2.24) is 0 Å². The minimum atomic E-state index is -4.27. The van der Waals surface area contributed by atoms with E-state index in [0.29, 0.717) is 6.42 Å². The van der Waals surface area contributed by atoms with Crippen molar-refractivity contribution in [3.63, 3.8) is 0 Å². The number of hydrogen-bond donors (Lipinski definition) is 0. The first kappa shape index (κ1) is 30.0. The third kappa shape index (κ3) is 6.55. The van der Waals surface area contributed by atoms with Crippen LogP contribution in [-0.2, 0) is 40.0 Å². The van der Waals surface area contributed by atoms with Gasteiger partial charge in [0.15, 0.2) is 9.84 Å². The molecule has 0 aliphatic rings. The molecule has 0 N–H and O–H groups in total. The molecule has 0 amide bonds. The molecule has 3 aromatic rings. The monoisotopic (exact) mass is 554 g/mol. The Kier molecular flexibility index (Phi) is 10.0. The van der Waals surface area contributed by atoms with Crippen LogP contribution in [0.2, 0.25) is 0 Å². The van der Waals surface area contributed by atoms with Gasteiger partial charge in [0.05, 0.1) is 17.6 Å². The second-order valence-corrected chi connectivity index (χ2v) is 11.7. The quantitative estimate of drug-likeness (QED) is 0.223. The lowest BCUT2D eigenvalue weighted by Crippen LogP contribution is -2.57. The molecule has 0 heterocycles. The van der Waals surface area contributed by atoms with Gasteiger partial charge in [-0.1, -0.05) is 66.7 Å². The molecule has 9 heteroatoms. The molecule has 3 rings (SSSR count). The third-order valence-electron chi connectivity index (χ3n) is 6.88. The van der Waals surface area contributed by atoms with Crippen LogP contribution in [0.25, 0.3) is 0 Å². The van der Waals surface area contributed by atoms with E-state index in [0.717, 1.165) is 12.7 Å². The zero-order valence-corrected chi connectivity index (χ0v) is 23.3. The van der Waals surface area contributed by atoms with Gasteiger partial charge in [0.25, 0.3) is 5.79 Å². The highest BCUT2D eigenvalue weighted by Crippen LogP contribution is 2.41. The van der Waals surface area contributed by atoms with E-state index < -0.39 is 44.8 Å². The summed E-state index contributed by atoms with van der Waals surface area (Å²) in [5.74, 6) is -3.70. The normalized spacial score (nSPS) is 14.2. The van der Waals surface area contributed by atoms with Crippen molar-refractivity contribution in [1.29, 1.82) is 0 Å². The van der Waals surface area contributed by atoms with Gasteiger partial charge in [0.1, 0.15) is 10.9 Å². The minimum absolute atomic E-state index is 0.000979. The van der Waals surface area contributed by atoms with E-state index in [1.807, 2.05) is 30.3 Å². The Labute approximate surface area is 229 Å². The summed E-state index contributed by atoms with van der Waals surface area (Å²) in [6.07, 6.45) is -1.20. The van der Waals surface area contributed by atoms with E-state index in [4.69, 9.17) is 18.9 Å². The SMILES string of the molecule is COC(=O)C(CC(C)(C(CCc1ccccc1)OC(=O)c1ccccc1)S(=O)(=O)c1ccccc1)(OC)OC. The summed E-state index contributed by atoms with van der Waals surface area (Å²) in [5, 5.41) is 0. The first-order valence-corrected chi connectivity index (χ1v) is 13.9. The van der Waals surface area contributed by atoms with Gasteiger partial charge in [0.2, 0.25) is 0 Å². The molecule has 8 nitrogen and oxygen atoms in total. The number of hydrogen-bond acceptors (Lipinski definition) is 8. The van der Waals surface area contributed by atoms with Gasteiger partial charge in [-0.2, -0.15) is 0 Å². The predicted octanol–water partition coefficient (Wildman–Crippen LogP) is 4.63. The number of carbonyl (C=O) groups is 2. The first-order chi connectivity index (χ1) is 18.6. The molecule has 0 saturated heterocycles. The topological polar surface area (TPSA) is 105 Å². The summed E-state index contributed by atoms with van der Waals surface area (Å²) in [7, 11) is -0.665. The van der Waals surface area contributed by atoms with E-state index in [9.17, 15) is 18.0 Å². The van der Waals surface area contributed by atoms with E-state index in [-0.39, 0.29) is 16.9 Å². The molecule has 0 aliphatic carbocycles. The van der Waals surface area contributed by atoms with Gasteiger partial charge in [-0.3, -0.25) is 0 Å². The number of aryl methyl sites for hydroxylation is 1. The van der Waals surface area contributed by atoms with Crippen LogP contribution in [0.5, 0.6) is 0 Å². The standard InChI is InChI=1S/C30H34O8S/c1-29(22-30(36-3,37-4)28(32)35-2,39(33,34)25-18-12-7-13-19-25)26(21-20-23-14-8-5-9-15-23)38-27(31)24-16-10-6-11-17-24/h5-19,26H,20-22H2,1-4H3. The van der Waals surface area contributed by atoms with Crippen LogP contribution in [0, 0.1) is 0 Å². The van der Waals surface area contributed by atoms with Gasteiger partial charge in [0, 0.05) is 20.6 Å². The lowest BCUT2D eigenvalue weighted by molar-refractivity contribution is -0.234. The summed E-state index contributed by atoms with van der Waals surface area (Å²) >= 11 is 0. The van der Waals surface area contributed by atoms with Crippen LogP contribution in [-0.4, -0.2) is 58.3 Å². The van der Waals surface area contributed by atoms with Crippen molar-refractivity contribution in [2.75, 3.05) is 21.3 Å². The summed E-state index contributed by atoms with van der Waals surface area (Å²) in [5.41, 5.74) is 1.19. The third-order valence-corrected chi connectivity index (χ3v) is 9.41. The number of sulfone groups is 1. The Bertz CT molecular complexity index is 1320. The summed E-state index contributed by atoms with van der Waals surface area (Å²) in [4.78, 5) is 26.2. The van der Waals surface area contributed by atoms with Crippen molar-refractivity contribution in [2.45, 2.75) is 47.7 Å². The van der Waals surface area contributed by atoms with Crippen molar-refractivity contribution >= 4 is 21.8 Å². The molecule has 0 saturated carbocycles. The Morgan fingerprint density at radius 3 is 1.82 bits per heavy atom. The Morgan fingerprint density at radius 1 is 0.795 bits per heavy atom. The molecule has 0 radical (unpaired) electrons. The molecule has 0 spiro atoms. The maximum Gasteiger partial charge on any atom is 0.366 e. The number of methoxy groups -OCH3 is 3. The maximum atomic E-state index is 14.4. The second-order valence-electron chi connectivity index (χ2n) is 9.24. The molecular weight excluding hydrogens is 520 g/mol. The van der Waals surface area contributed by atoms with Gasteiger partial charge in [-0.05, 0) is 49.6 Å². The molecule has 208 valence electrons. The number of rotatable bonds is 13. The van der Waals surface area contributed by atoms with Gasteiger partial charge < -0.3 is 18.9 Å². The molecule has 39 heavy (non-hydrogen) atoms. The van der Waals surface area contributed by atoms with Crippen LogP contribution in [0.1, 0.15) is 35.7 Å². The fourth-order valence-corrected chi connectivity index (χ4v) is 6.48. The molecule has 0 aliphatic heterocycles. The highest BCUT2D eigenvalue weighted by atomic mass is 32.2. The zero-order valence-electron chi connectivity index (χ0n) is 22.5. The van der Waals surface area contributed by atoms with Gasteiger partial charge >= 0.3 is 11.9 Å². The average molecular weight is 555 g/mol. The minimum Gasteiger partial charge on any atom is -0.465 e. The van der Waals surface area contributed by atoms with E-state index in [1.54, 1.807) is 48.5 Å². The smallest absolute Gasteiger partial charge is 0.366 e. The van der Waals surface area contributed by atoms with Crippen molar-refractivity contribution in [3.8, 4) is 0 Å². The maximum absolute atomic E-state index is 14.4. The molecule has 0 aromatic heterocycles. The fraction of sp³-hybridized carbons (Fsp3) is 0.333. The molecule has 3 aromatic carbocycles.